The number of carbonyl (C=O) groups excluding carboxylic acids is 1. The molecule has 4 nitrogen and oxygen atoms in total. The number of benzene rings is 1. The number of carbonyl (C=O) groups is 2. The van der Waals surface area contributed by atoms with Crippen molar-refractivity contribution >= 4 is 18.3 Å². The second kappa shape index (κ2) is 5.70. The molecule has 1 aromatic carbocycles. The van der Waals surface area contributed by atoms with Crippen molar-refractivity contribution < 1.29 is 19.4 Å². The summed E-state index contributed by atoms with van der Waals surface area (Å²) in [6, 6.07) is 5.07. The van der Waals surface area contributed by atoms with Crippen LogP contribution in [0.3, 0.4) is 0 Å². The molecule has 0 amide bonds. The summed E-state index contributed by atoms with van der Waals surface area (Å²) in [5.74, 6) is -0.384. The average Bonchev–Trinajstić information content (AvgIpc) is 2.28. The summed E-state index contributed by atoms with van der Waals surface area (Å²) in [4.78, 5) is 21.0. The molecule has 0 fully saturated rings. The molecule has 0 saturated heterocycles. The third kappa shape index (κ3) is 3.24. The lowest BCUT2D eigenvalue weighted by molar-refractivity contribution is -0.135. The van der Waals surface area contributed by atoms with Crippen LogP contribution in [0.25, 0.3) is 6.08 Å². The third-order valence-electron chi connectivity index (χ3n) is 1.98. The Hall–Kier alpha value is -2.10. The van der Waals surface area contributed by atoms with E-state index in [1.54, 1.807) is 24.3 Å². The molecule has 0 aliphatic rings. The maximum Gasteiger partial charge on any atom is 0.307 e. The van der Waals surface area contributed by atoms with E-state index >= 15 is 0 Å². The van der Waals surface area contributed by atoms with Crippen molar-refractivity contribution in [2.24, 2.45) is 0 Å². The van der Waals surface area contributed by atoms with Gasteiger partial charge in [0.15, 0.2) is 6.29 Å². The molecule has 0 aliphatic heterocycles. The van der Waals surface area contributed by atoms with E-state index in [0.717, 1.165) is 5.56 Å². The van der Waals surface area contributed by atoms with Gasteiger partial charge in [-0.25, -0.2) is 0 Å². The Balaban J connectivity index is 2.86. The molecular weight excluding hydrogens is 208 g/mol. The van der Waals surface area contributed by atoms with Gasteiger partial charge in [0, 0.05) is 0 Å². The van der Waals surface area contributed by atoms with Gasteiger partial charge in [-0.3, -0.25) is 9.59 Å². The number of rotatable bonds is 5. The van der Waals surface area contributed by atoms with Crippen LogP contribution in [0.2, 0.25) is 0 Å². The van der Waals surface area contributed by atoms with Crippen molar-refractivity contribution in [1.29, 1.82) is 0 Å². The zero-order valence-electron chi connectivity index (χ0n) is 8.84. The standard InChI is InChI=1S/C12H12O4/c1-16-11-6-5-9(7-10(11)8-13)3-2-4-12(14)15/h2-3,5-8H,4H2,1H3,(H,14,15). The molecular formula is C12H12O4. The van der Waals surface area contributed by atoms with Gasteiger partial charge in [0.25, 0.3) is 0 Å². The molecule has 84 valence electrons. The Morgan fingerprint density at radius 1 is 1.50 bits per heavy atom. The van der Waals surface area contributed by atoms with E-state index in [0.29, 0.717) is 17.6 Å². The Morgan fingerprint density at radius 3 is 2.81 bits per heavy atom. The predicted molar refractivity (Wildman–Crippen MR) is 59.7 cm³/mol. The highest BCUT2D eigenvalue weighted by Gasteiger charge is 2.01. The first kappa shape index (κ1) is 12.0. The minimum Gasteiger partial charge on any atom is -0.496 e. The van der Waals surface area contributed by atoms with Crippen molar-refractivity contribution in [3.63, 3.8) is 0 Å². The topological polar surface area (TPSA) is 63.6 Å². The molecule has 0 spiro atoms. The maximum atomic E-state index is 10.7. The molecule has 0 aromatic heterocycles. The largest absolute Gasteiger partial charge is 0.496 e. The maximum absolute atomic E-state index is 10.7. The van der Waals surface area contributed by atoms with E-state index in [1.807, 2.05) is 0 Å². The summed E-state index contributed by atoms with van der Waals surface area (Å²) >= 11 is 0. The fourth-order valence-corrected chi connectivity index (χ4v) is 1.24. The average molecular weight is 220 g/mol. The van der Waals surface area contributed by atoms with Gasteiger partial charge in [0.1, 0.15) is 5.75 Å². The summed E-state index contributed by atoms with van der Waals surface area (Å²) in [6.07, 6.45) is 3.84. The molecule has 0 unspecified atom stereocenters. The van der Waals surface area contributed by atoms with Gasteiger partial charge in [0.05, 0.1) is 19.1 Å². The molecule has 16 heavy (non-hydrogen) atoms. The van der Waals surface area contributed by atoms with Gasteiger partial charge in [-0.1, -0.05) is 18.2 Å². The number of hydrogen-bond acceptors (Lipinski definition) is 3. The highest BCUT2D eigenvalue weighted by atomic mass is 16.5. The molecule has 4 heteroatoms. The highest BCUT2D eigenvalue weighted by Crippen LogP contribution is 2.18. The number of ether oxygens (including phenoxy) is 1. The van der Waals surface area contributed by atoms with Crippen molar-refractivity contribution in [2.45, 2.75) is 6.42 Å². The minimum absolute atomic E-state index is 0.0392. The molecule has 0 heterocycles. The van der Waals surface area contributed by atoms with Gasteiger partial charge in [-0.2, -0.15) is 0 Å². The van der Waals surface area contributed by atoms with Crippen LogP contribution >= 0.6 is 0 Å². The van der Waals surface area contributed by atoms with Crippen LogP contribution in [0, 0.1) is 0 Å². The number of aldehydes is 1. The first-order chi connectivity index (χ1) is 7.67. The Bertz CT molecular complexity index is 421. The highest BCUT2D eigenvalue weighted by molar-refractivity contribution is 5.81. The summed E-state index contributed by atoms with van der Waals surface area (Å²) in [7, 11) is 1.49. The van der Waals surface area contributed by atoms with Gasteiger partial charge >= 0.3 is 5.97 Å². The molecule has 0 aliphatic carbocycles. The fraction of sp³-hybridized carbons (Fsp3) is 0.167. The summed E-state index contributed by atoms with van der Waals surface area (Å²) in [6.45, 7) is 0. The molecule has 0 atom stereocenters. The monoisotopic (exact) mass is 220 g/mol. The number of aliphatic carboxylic acids is 1. The van der Waals surface area contributed by atoms with Crippen molar-refractivity contribution in [2.75, 3.05) is 7.11 Å². The van der Waals surface area contributed by atoms with Gasteiger partial charge in [-0.05, 0) is 17.7 Å². The van der Waals surface area contributed by atoms with Gasteiger partial charge < -0.3 is 9.84 Å². The smallest absolute Gasteiger partial charge is 0.307 e. The Morgan fingerprint density at radius 2 is 2.25 bits per heavy atom. The molecule has 0 bridgehead atoms. The van der Waals surface area contributed by atoms with Crippen molar-refractivity contribution in [3.05, 3.63) is 35.4 Å². The van der Waals surface area contributed by atoms with E-state index in [1.165, 1.54) is 13.2 Å². The third-order valence-corrected chi connectivity index (χ3v) is 1.98. The molecule has 0 saturated carbocycles. The molecule has 0 radical (unpaired) electrons. The quantitative estimate of drug-likeness (QED) is 0.771. The number of hydrogen-bond donors (Lipinski definition) is 1. The van der Waals surface area contributed by atoms with E-state index in [9.17, 15) is 9.59 Å². The molecule has 1 aromatic rings. The van der Waals surface area contributed by atoms with Crippen molar-refractivity contribution in [1.82, 2.24) is 0 Å². The van der Waals surface area contributed by atoms with E-state index < -0.39 is 5.97 Å². The zero-order valence-corrected chi connectivity index (χ0v) is 8.84. The lowest BCUT2D eigenvalue weighted by atomic mass is 10.1. The molecule has 1 rings (SSSR count). The number of carboxylic acid groups (broad SMARTS) is 1. The van der Waals surface area contributed by atoms with Crippen LogP contribution in [-0.2, 0) is 4.79 Å². The summed E-state index contributed by atoms with van der Waals surface area (Å²) < 4.78 is 4.98. The SMILES string of the molecule is COc1ccc(C=CCC(=O)O)cc1C=O. The first-order valence-electron chi connectivity index (χ1n) is 4.69. The van der Waals surface area contributed by atoms with Crippen molar-refractivity contribution in [3.8, 4) is 5.75 Å². The minimum atomic E-state index is -0.889. The van der Waals surface area contributed by atoms with Crippen LogP contribution in [-0.4, -0.2) is 24.5 Å². The van der Waals surface area contributed by atoms with Gasteiger partial charge in [-0.15, -0.1) is 0 Å². The Kier molecular flexibility index (Phi) is 4.27. The zero-order chi connectivity index (χ0) is 12.0. The lowest BCUT2D eigenvalue weighted by Crippen LogP contribution is -1.91. The fourth-order valence-electron chi connectivity index (χ4n) is 1.24. The molecule has 1 N–H and O–H groups in total. The lowest BCUT2D eigenvalue weighted by Gasteiger charge is -2.03. The van der Waals surface area contributed by atoms with E-state index in [-0.39, 0.29) is 6.42 Å². The summed E-state index contributed by atoms with van der Waals surface area (Å²) in [5, 5.41) is 8.45. The van der Waals surface area contributed by atoms with Crippen LogP contribution in [0.4, 0.5) is 0 Å². The number of carboxylic acids is 1. The van der Waals surface area contributed by atoms with Crippen LogP contribution in [0.5, 0.6) is 5.75 Å². The number of methoxy groups -OCH3 is 1. The normalized spacial score (nSPS) is 10.3. The second-order valence-electron chi connectivity index (χ2n) is 3.12. The first-order valence-corrected chi connectivity index (χ1v) is 4.69. The van der Waals surface area contributed by atoms with E-state index in [4.69, 9.17) is 9.84 Å². The van der Waals surface area contributed by atoms with Crippen LogP contribution < -0.4 is 4.74 Å². The van der Waals surface area contributed by atoms with E-state index in [2.05, 4.69) is 0 Å². The van der Waals surface area contributed by atoms with Gasteiger partial charge in [0.2, 0.25) is 0 Å². The summed E-state index contributed by atoms with van der Waals surface area (Å²) in [5.41, 5.74) is 1.21. The Labute approximate surface area is 93.2 Å². The van der Waals surface area contributed by atoms with Crippen LogP contribution in [0.15, 0.2) is 24.3 Å². The second-order valence-corrected chi connectivity index (χ2v) is 3.12. The van der Waals surface area contributed by atoms with Crippen LogP contribution in [0.1, 0.15) is 22.3 Å². The predicted octanol–water partition coefficient (Wildman–Crippen LogP) is 2.00.